The van der Waals surface area contributed by atoms with Crippen molar-refractivity contribution in [2.24, 2.45) is 0 Å². The summed E-state index contributed by atoms with van der Waals surface area (Å²) in [6.07, 6.45) is -1.36. The Morgan fingerprint density at radius 1 is 1.50 bits per heavy atom. The van der Waals surface area contributed by atoms with Gasteiger partial charge in [0, 0.05) is 13.0 Å². The quantitative estimate of drug-likeness (QED) is 0.637. The fourth-order valence-electron chi connectivity index (χ4n) is 0.618. The molecule has 0 fully saturated rings. The molecule has 0 atom stereocenters. The lowest BCUT2D eigenvalue weighted by molar-refractivity contribution is -0.131. The molecule has 1 N–H and O–H groups in total. The minimum absolute atomic E-state index is 0.213. The van der Waals surface area contributed by atoms with E-state index in [0.29, 0.717) is 19.3 Å². The lowest BCUT2D eigenvalue weighted by Crippen LogP contribution is -2.30. The monoisotopic (exact) mass is 176 g/mol. The third kappa shape index (κ3) is 5.59. The molecule has 0 saturated heterocycles. The minimum Gasteiger partial charge on any atom is -0.351 e. The van der Waals surface area contributed by atoms with Gasteiger partial charge in [-0.1, -0.05) is 0 Å². The first-order chi connectivity index (χ1) is 5.68. The van der Waals surface area contributed by atoms with Crippen LogP contribution in [0.4, 0.5) is 8.78 Å². The average Bonchev–Trinajstić information content (AvgIpc) is 2.03. The number of nitriles is 1. The molecule has 0 aromatic rings. The maximum absolute atomic E-state index is 11.5. The third-order valence-corrected chi connectivity index (χ3v) is 1.21. The second kappa shape index (κ2) is 6.53. The number of hydrogen-bond acceptors (Lipinski definition) is 2. The van der Waals surface area contributed by atoms with Crippen molar-refractivity contribution in [1.29, 1.82) is 5.26 Å². The van der Waals surface area contributed by atoms with Gasteiger partial charge in [0.25, 0.3) is 5.91 Å². The van der Waals surface area contributed by atoms with Crippen LogP contribution in [0.1, 0.15) is 19.3 Å². The van der Waals surface area contributed by atoms with E-state index < -0.39 is 12.3 Å². The fourth-order valence-corrected chi connectivity index (χ4v) is 0.618. The predicted molar refractivity (Wildman–Crippen MR) is 38.5 cm³/mol. The number of nitrogens with one attached hydrogen (secondary N) is 1. The van der Waals surface area contributed by atoms with Gasteiger partial charge in [-0.2, -0.15) is 14.0 Å². The highest BCUT2D eigenvalue weighted by molar-refractivity contribution is 5.78. The zero-order valence-corrected chi connectivity index (χ0v) is 6.52. The Balaban J connectivity index is 3.21. The molecule has 0 spiro atoms. The minimum atomic E-state index is -2.94. The Morgan fingerprint density at radius 2 is 2.17 bits per heavy atom. The van der Waals surface area contributed by atoms with Gasteiger partial charge in [-0.3, -0.25) is 4.79 Å². The number of halogens is 2. The molecule has 1 amide bonds. The Morgan fingerprint density at radius 3 is 2.67 bits per heavy atom. The summed E-state index contributed by atoms with van der Waals surface area (Å²) < 4.78 is 23.1. The number of alkyl halides is 2. The lowest BCUT2D eigenvalue weighted by atomic mass is 10.2. The van der Waals surface area contributed by atoms with E-state index in [1.54, 1.807) is 0 Å². The van der Waals surface area contributed by atoms with E-state index in [9.17, 15) is 13.6 Å². The lowest BCUT2D eigenvalue weighted by Gasteiger charge is -2.01. The number of amides is 1. The van der Waals surface area contributed by atoms with E-state index in [1.165, 1.54) is 0 Å². The molecule has 0 aliphatic carbocycles. The van der Waals surface area contributed by atoms with Crippen LogP contribution in [-0.2, 0) is 4.79 Å². The van der Waals surface area contributed by atoms with Crippen LogP contribution in [0.5, 0.6) is 0 Å². The van der Waals surface area contributed by atoms with E-state index in [2.05, 4.69) is 0 Å². The number of carbonyl (C=O) groups is 1. The van der Waals surface area contributed by atoms with Crippen LogP contribution in [0.15, 0.2) is 0 Å². The maximum atomic E-state index is 11.5. The molecule has 0 aliphatic rings. The molecule has 3 nitrogen and oxygen atoms in total. The van der Waals surface area contributed by atoms with Gasteiger partial charge in [-0.25, -0.2) is 0 Å². The van der Waals surface area contributed by atoms with Crippen LogP contribution in [0.2, 0.25) is 0 Å². The van der Waals surface area contributed by atoms with E-state index in [4.69, 9.17) is 5.26 Å². The smallest absolute Gasteiger partial charge is 0.315 e. The molecule has 0 radical (unpaired) electrons. The van der Waals surface area contributed by atoms with E-state index in [0.717, 1.165) is 0 Å². The molecule has 0 aliphatic heterocycles. The SMILES string of the molecule is N#CCCCCNC(=O)C(F)F. The number of unbranched alkanes of at least 4 members (excludes halogenated alkanes) is 2. The van der Waals surface area contributed by atoms with Gasteiger partial charge in [0.2, 0.25) is 0 Å². The van der Waals surface area contributed by atoms with Crippen LogP contribution in [0, 0.1) is 11.3 Å². The summed E-state index contributed by atoms with van der Waals surface area (Å²) in [6, 6.07) is 1.92. The average molecular weight is 176 g/mol. The van der Waals surface area contributed by atoms with E-state index >= 15 is 0 Å². The molecule has 0 rings (SSSR count). The third-order valence-electron chi connectivity index (χ3n) is 1.21. The second-order valence-corrected chi connectivity index (χ2v) is 2.21. The van der Waals surface area contributed by atoms with Gasteiger partial charge in [0.05, 0.1) is 6.07 Å². The Labute approximate surface area is 69.4 Å². The van der Waals surface area contributed by atoms with Crippen molar-refractivity contribution < 1.29 is 13.6 Å². The summed E-state index contributed by atoms with van der Waals surface area (Å²) in [4.78, 5) is 10.2. The summed E-state index contributed by atoms with van der Waals surface area (Å²) in [5.74, 6) is -1.24. The number of carbonyl (C=O) groups excluding carboxylic acids is 1. The molecule has 0 aromatic carbocycles. The van der Waals surface area contributed by atoms with Crippen molar-refractivity contribution in [3.8, 4) is 6.07 Å². The number of nitrogens with zero attached hydrogens (tertiary/aromatic N) is 1. The van der Waals surface area contributed by atoms with Gasteiger partial charge in [-0.05, 0) is 12.8 Å². The second-order valence-electron chi connectivity index (χ2n) is 2.21. The van der Waals surface area contributed by atoms with Gasteiger partial charge < -0.3 is 5.32 Å². The summed E-state index contributed by atoms with van der Waals surface area (Å²) in [7, 11) is 0. The topological polar surface area (TPSA) is 52.9 Å². The first-order valence-corrected chi connectivity index (χ1v) is 3.61. The van der Waals surface area contributed by atoms with Gasteiger partial charge in [0.15, 0.2) is 0 Å². The molecule has 0 saturated carbocycles. The highest BCUT2D eigenvalue weighted by Gasteiger charge is 2.12. The fraction of sp³-hybridized carbons (Fsp3) is 0.714. The van der Waals surface area contributed by atoms with E-state index in [-0.39, 0.29) is 6.54 Å². The van der Waals surface area contributed by atoms with Gasteiger partial charge in [-0.15, -0.1) is 0 Å². The Bertz CT molecular complexity index is 177. The van der Waals surface area contributed by atoms with Crippen LogP contribution in [-0.4, -0.2) is 18.9 Å². The maximum Gasteiger partial charge on any atom is 0.315 e. The molecule has 12 heavy (non-hydrogen) atoms. The first kappa shape index (κ1) is 10.8. The molecule has 0 unspecified atom stereocenters. The summed E-state index contributed by atoms with van der Waals surface area (Å²) in [5.41, 5.74) is 0. The predicted octanol–water partition coefficient (Wildman–Crippen LogP) is 1.06. The zero-order valence-electron chi connectivity index (χ0n) is 6.52. The van der Waals surface area contributed by atoms with Gasteiger partial charge in [0.1, 0.15) is 0 Å². The Kier molecular flexibility index (Phi) is 5.88. The summed E-state index contributed by atoms with van der Waals surface area (Å²) >= 11 is 0. The molecule has 68 valence electrons. The van der Waals surface area contributed by atoms with Gasteiger partial charge >= 0.3 is 6.43 Å². The van der Waals surface area contributed by atoms with Crippen molar-refractivity contribution in [2.75, 3.05) is 6.54 Å². The Hall–Kier alpha value is -1.18. The number of rotatable bonds is 5. The van der Waals surface area contributed by atoms with Crippen molar-refractivity contribution in [1.82, 2.24) is 5.32 Å². The highest BCUT2D eigenvalue weighted by atomic mass is 19.3. The molecule has 0 heterocycles. The molecule has 0 aromatic heterocycles. The van der Waals surface area contributed by atoms with Crippen LogP contribution < -0.4 is 5.32 Å². The zero-order chi connectivity index (χ0) is 9.40. The normalized spacial score (nSPS) is 9.50. The summed E-state index contributed by atoms with van der Waals surface area (Å²) in [6.45, 7) is 0.213. The first-order valence-electron chi connectivity index (χ1n) is 3.61. The molecular formula is C7H10F2N2O. The molecule has 0 bridgehead atoms. The van der Waals surface area contributed by atoms with Crippen LogP contribution in [0.3, 0.4) is 0 Å². The molecule has 5 heteroatoms. The van der Waals surface area contributed by atoms with Crippen molar-refractivity contribution in [2.45, 2.75) is 25.7 Å². The number of hydrogen-bond donors (Lipinski definition) is 1. The standard InChI is InChI=1S/C7H10F2N2O/c8-6(9)7(12)11-5-3-1-2-4-10/h6H,1-3,5H2,(H,11,12). The van der Waals surface area contributed by atoms with Crippen LogP contribution >= 0.6 is 0 Å². The highest BCUT2D eigenvalue weighted by Crippen LogP contribution is 1.94. The largest absolute Gasteiger partial charge is 0.351 e. The summed E-state index contributed by atoms with van der Waals surface area (Å²) in [5, 5.41) is 10.1. The van der Waals surface area contributed by atoms with Crippen molar-refractivity contribution >= 4 is 5.91 Å². The van der Waals surface area contributed by atoms with E-state index in [1.807, 2.05) is 11.4 Å². The van der Waals surface area contributed by atoms with Crippen molar-refractivity contribution in [3.05, 3.63) is 0 Å². The van der Waals surface area contributed by atoms with Crippen molar-refractivity contribution in [3.63, 3.8) is 0 Å². The molecular weight excluding hydrogens is 166 g/mol. The van der Waals surface area contributed by atoms with Crippen LogP contribution in [0.25, 0.3) is 0 Å².